The average Bonchev–Trinajstić information content (AvgIpc) is 2.93. The number of carbonyl (C=O) groups is 2. The van der Waals surface area contributed by atoms with Crippen LogP contribution in [0.25, 0.3) is 0 Å². The summed E-state index contributed by atoms with van der Waals surface area (Å²) in [6.07, 6.45) is 0. The molecule has 0 aromatic heterocycles. The lowest BCUT2D eigenvalue weighted by Crippen LogP contribution is -2.40. The van der Waals surface area contributed by atoms with Crippen LogP contribution in [0.3, 0.4) is 0 Å². The zero-order chi connectivity index (χ0) is 30.3. The van der Waals surface area contributed by atoms with Gasteiger partial charge in [0, 0.05) is 12.1 Å². The molecule has 0 bridgehead atoms. The van der Waals surface area contributed by atoms with Gasteiger partial charge in [-0.3, -0.25) is 40.5 Å². The molecule has 0 aliphatic carbocycles. The van der Waals surface area contributed by atoms with Crippen molar-refractivity contribution >= 4 is 46.1 Å². The van der Waals surface area contributed by atoms with Crippen LogP contribution in [0.2, 0.25) is 0 Å². The Hall–Kier alpha value is -6.20. The van der Waals surface area contributed by atoms with Gasteiger partial charge in [-0.1, -0.05) is 12.1 Å². The zero-order valence-electron chi connectivity index (χ0n) is 20.5. The Morgan fingerprint density at radius 2 is 1.15 bits per heavy atom. The minimum Gasteiger partial charge on any atom is -0.459 e. The number of nitrogens with two attached hydrogens (primary N) is 1. The van der Waals surface area contributed by atoms with Gasteiger partial charge in [-0.15, -0.1) is 0 Å². The number of non-ortho nitro benzene ring substituents is 2. The van der Waals surface area contributed by atoms with Gasteiger partial charge in [-0.2, -0.15) is 0 Å². The maximum atomic E-state index is 12.9. The minimum absolute atomic E-state index is 0.0917. The van der Waals surface area contributed by atoms with Gasteiger partial charge in [-0.05, 0) is 24.3 Å². The molecule has 0 atom stereocenters. The third-order valence-corrected chi connectivity index (χ3v) is 5.42. The molecule has 0 radical (unpaired) electrons. The third-order valence-electron chi connectivity index (χ3n) is 5.42. The topological polar surface area (TPSA) is 263 Å². The molecule has 18 heteroatoms. The van der Waals surface area contributed by atoms with Crippen LogP contribution in [0, 0.1) is 40.5 Å². The first kappa shape index (κ1) is 29.4. The minimum atomic E-state index is -1.94. The van der Waals surface area contributed by atoms with Crippen molar-refractivity contribution < 1.29 is 38.8 Å². The van der Waals surface area contributed by atoms with Gasteiger partial charge >= 0.3 is 11.9 Å². The number of ether oxygens (including phenoxy) is 2. The molecule has 0 heterocycles. The van der Waals surface area contributed by atoms with Gasteiger partial charge in [0.2, 0.25) is 6.04 Å². The summed E-state index contributed by atoms with van der Waals surface area (Å²) >= 11 is 0. The molecular formula is C23H18N6O12. The van der Waals surface area contributed by atoms with Crippen LogP contribution in [-0.4, -0.2) is 37.7 Å². The molecular weight excluding hydrogens is 552 g/mol. The standard InChI is InChI=1S/C23H18N6O12/c24-17-3-1-2-4-18(17)25-21(22(30)40-11-13-5-7-15(26(32)33)9-19(13)28(36)37)23(31)41-12-14-6-8-16(27(34)35)10-20(14)29(38)39/h1-10,21,25H,11-12,24H2. The molecule has 0 aliphatic heterocycles. The van der Waals surface area contributed by atoms with Gasteiger partial charge < -0.3 is 20.5 Å². The van der Waals surface area contributed by atoms with Gasteiger partial charge in [0.25, 0.3) is 22.7 Å². The molecule has 0 saturated carbocycles. The second kappa shape index (κ2) is 12.6. The van der Waals surface area contributed by atoms with Crippen LogP contribution in [-0.2, 0) is 32.3 Å². The maximum Gasteiger partial charge on any atom is 0.340 e. The van der Waals surface area contributed by atoms with Gasteiger partial charge in [0.1, 0.15) is 13.2 Å². The lowest BCUT2D eigenvalue weighted by molar-refractivity contribution is -0.395. The highest BCUT2D eigenvalue weighted by Crippen LogP contribution is 2.27. The van der Waals surface area contributed by atoms with Crippen LogP contribution < -0.4 is 11.1 Å². The van der Waals surface area contributed by atoms with E-state index in [1.807, 2.05) is 0 Å². The predicted molar refractivity (Wildman–Crippen MR) is 137 cm³/mol. The largest absolute Gasteiger partial charge is 0.459 e. The molecule has 212 valence electrons. The van der Waals surface area contributed by atoms with Crippen LogP contribution in [0.4, 0.5) is 34.1 Å². The van der Waals surface area contributed by atoms with E-state index in [4.69, 9.17) is 15.2 Å². The number of esters is 2. The van der Waals surface area contributed by atoms with E-state index in [1.165, 1.54) is 18.2 Å². The van der Waals surface area contributed by atoms with Crippen molar-refractivity contribution in [2.24, 2.45) is 0 Å². The maximum absolute atomic E-state index is 12.9. The Balaban J connectivity index is 1.84. The first-order chi connectivity index (χ1) is 19.4. The molecule has 18 nitrogen and oxygen atoms in total. The fraction of sp³-hybridized carbons (Fsp3) is 0.130. The third kappa shape index (κ3) is 7.22. The van der Waals surface area contributed by atoms with Gasteiger partial charge in [-0.25, -0.2) is 9.59 Å². The Morgan fingerprint density at radius 1 is 0.707 bits per heavy atom. The number of para-hydroxylation sites is 2. The summed E-state index contributed by atoms with van der Waals surface area (Å²) in [5.74, 6) is -2.60. The number of nitrogens with one attached hydrogen (secondary N) is 1. The van der Waals surface area contributed by atoms with E-state index in [-0.39, 0.29) is 22.5 Å². The van der Waals surface area contributed by atoms with Crippen LogP contribution in [0.1, 0.15) is 11.1 Å². The van der Waals surface area contributed by atoms with E-state index in [1.54, 1.807) is 6.07 Å². The quantitative estimate of drug-likeness (QED) is 0.104. The van der Waals surface area contributed by atoms with Crippen molar-refractivity contribution in [1.29, 1.82) is 0 Å². The Bertz CT molecular complexity index is 1470. The Morgan fingerprint density at radius 3 is 1.54 bits per heavy atom. The molecule has 3 N–H and O–H groups in total. The smallest absolute Gasteiger partial charge is 0.340 e. The van der Waals surface area contributed by atoms with Crippen molar-refractivity contribution in [3.63, 3.8) is 0 Å². The highest BCUT2D eigenvalue weighted by molar-refractivity contribution is 6.02. The monoisotopic (exact) mass is 570 g/mol. The normalized spacial score (nSPS) is 10.5. The van der Waals surface area contributed by atoms with Gasteiger partial charge in [0.05, 0.1) is 54.3 Å². The number of nitro groups is 4. The average molecular weight is 570 g/mol. The van der Waals surface area contributed by atoms with E-state index >= 15 is 0 Å². The number of rotatable bonds is 12. The predicted octanol–water partition coefficient (Wildman–Crippen LogP) is 3.17. The summed E-state index contributed by atoms with van der Waals surface area (Å²) in [4.78, 5) is 67.0. The number of nitrogen functional groups attached to an aromatic ring is 1. The number of benzene rings is 3. The van der Waals surface area contributed by atoms with Crippen molar-refractivity contribution in [2.75, 3.05) is 11.1 Å². The van der Waals surface area contributed by atoms with Crippen LogP contribution >= 0.6 is 0 Å². The van der Waals surface area contributed by atoms with E-state index in [9.17, 15) is 50.0 Å². The molecule has 3 rings (SSSR count). The first-order valence-electron chi connectivity index (χ1n) is 11.2. The number of carbonyl (C=O) groups excluding carboxylic acids is 2. The fourth-order valence-corrected chi connectivity index (χ4v) is 3.38. The summed E-state index contributed by atoms with van der Waals surface area (Å²) in [5, 5.41) is 47.2. The zero-order valence-corrected chi connectivity index (χ0v) is 20.5. The molecule has 0 spiro atoms. The second-order valence-electron chi connectivity index (χ2n) is 8.03. The van der Waals surface area contributed by atoms with Crippen molar-refractivity contribution in [1.82, 2.24) is 0 Å². The number of hydrogen-bond donors (Lipinski definition) is 2. The molecule has 0 fully saturated rings. The molecule has 0 aliphatic rings. The fourth-order valence-electron chi connectivity index (χ4n) is 3.38. The lowest BCUT2D eigenvalue weighted by Gasteiger charge is -2.19. The van der Waals surface area contributed by atoms with E-state index in [0.29, 0.717) is 12.1 Å². The van der Waals surface area contributed by atoms with Crippen molar-refractivity contribution in [3.8, 4) is 0 Å². The van der Waals surface area contributed by atoms with Gasteiger partial charge in [0.15, 0.2) is 0 Å². The SMILES string of the molecule is Nc1ccccc1NC(C(=O)OCc1ccc([N+](=O)[O-])cc1[N+](=O)[O-])C(=O)OCc1ccc([N+](=O)[O-])cc1[N+](=O)[O-]. The lowest BCUT2D eigenvalue weighted by atomic mass is 10.1. The van der Waals surface area contributed by atoms with E-state index in [0.717, 1.165) is 24.3 Å². The number of anilines is 2. The number of hydrogen-bond acceptors (Lipinski definition) is 14. The van der Waals surface area contributed by atoms with Crippen LogP contribution in [0.15, 0.2) is 60.7 Å². The van der Waals surface area contributed by atoms with E-state index in [2.05, 4.69) is 5.32 Å². The summed E-state index contributed by atoms with van der Waals surface area (Å²) in [7, 11) is 0. The second-order valence-corrected chi connectivity index (χ2v) is 8.03. The van der Waals surface area contributed by atoms with Crippen LogP contribution in [0.5, 0.6) is 0 Å². The summed E-state index contributed by atoms with van der Waals surface area (Å²) in [6.45, 7) is -1.53. The highest BCUT2D eigenvalue weighted by atomic mass is 16.6. The van der Waals surface area contributed by atoms with Crippen molar-refractivity contribution in [3.05, 3.63) is 112 Å². The molecule has 3 aromatic rings. The summed E-state index contributed by atoms with van der Waals surface area (Å²) in [5.41, 5.74) is 3.04. The molecule has 3 aromatic carbocycles. The molecule has 41 heavy (non-hydrogen) atoms. The van der Waals surface area contributed by atoms with Crippen molar-refractivity contribution in [2.45, 2.75) is 19.3 Å². The Kier molecular flexibility index (Phi) is 9.00. The number of nitro benzene ring substituents is 4. The van der Waals surface area contributed by atoms with E-state index < -0.39 is 73.6 Å². The molecule has 0 amide bonds. The first-order valence-corrected chi connectivity index (χ1v) is 11.2. The highest BCUT2D eigenvalue weighted by Gasteiger charge is 2.32. The number of nitrogens with zero attached hydrogens (tertiary/aromatic N) is 4. The Labute approximate surface area is 227 Å². The summed E-state index contributed by atoms with van der Waals surface area (Å²) in [6, 6.07) is 9.28. The summed E-state index contributed by atoms with van der Waals surface area (Å²) < 4.78 is 10.1. The molecule has 0 saturated heterocycles. The molecule has 0 unspecified atom stereocenters.